The minimum atomic E-state index is -0.983. The summed E-state index contributed by atoms with van der Waals surface area (Å²) in [6.07, 6.45) is 5.43. The van der Waals surface area contributed by atoms with Crippen molar-refractivity contribution in [1.29, 1.82) is 0 Å². The molecule has 24 heavy (non-hydrogen) atoms. The van der Waals surface area contributed by atoms with E-state index in [4.69, 9.17) is 0 Å². The lowest BCUT2D eigenvalue weighted by Crippen LogP contribution is -2.46. The Bertz CT molecular complexity index is 563. The van der Waals surface area contributed by atoms with Crippen LogP contribution in [0.15, 0.2) is 42.5 Å². The van der Waals surface area contributed by atoms with Crippen molar-refractivity contribution in [2.24, 2.45) is 5.92 Å². The number of nitrogens with zero attached hydrogens (tertiary/aromatic N) is 1. The minimum absolute atomic E-state index is 0.0931. The van der Waals surface area contributed by atoms with Crippen LogP contribution in [0.3, 0.4) is 0 Å². The predicted octanol–water partition coefficient (Wildman–Crippen LogP) is 2.43. The van der Waals surface area contributed by atoms with Crippen LogP contribution in [0, 0.1) is 5.92 Å². The van der Waals surface area contributed by atoms with E-state index in [9.17, 15) is 14.7 Å². The third-order valence-corrected chi connectivity index (χ3v) is 4.43. The van der Waals surface area contributed by atoms with Gasteiger partial charge in [-0.1, -0.05) is 42.5 Å². The van der Waals surface area contributed by atoms with Crippen LogP contribution in [0.4, 0.5) is 0 Å². The Morgan fingerprint density at radius 2 is 1.96 bits per heavy atom. The number of nitrogens with one attached hydrogen (secondary N) is 1. The van der Waals surface area contributed by atoms with Gasteiger partial charge in [0.2, 0.25) is 5.91 Å². The monoisotopic (exact) mass is 330 g/mol. The van der Waals surface area contributed by atoms with Gasteiger partial charge in [0, 0.05) is 12.5 Å². The van der Waals surface area contributed by atoms with Gasteiger partial charge in [-0.05, 0) is 44.8 Å². The van der Waals surface area contributed by atoms with Crippen molar-refractivity contribution in [2.75, 3.05) is 13.1 Å². The molecule has 2 rings (SSSR count). The molecule has 1 saturated heterocycles. The van der Waals surface area contributed by atoms with Gasteiger partial charge in [0.05, 0.1) is 0 Å². The van der Waals surface area contributed by atoms with Gasteiger partial charge in [-0.2, -0.15) is 0 Å². The minimum Gasteiger partial charge on any atom is -0.480 e. The normalized spacial score (nSPS) is 17.7. The van der Waals surface area contributed by atoms with E-state index in [1.54, 1.807) is 12.2 Å². The molecule has 1 atom stereocenters. The van der Waals surface area contributed by atoms with E-state index in [2.05, 4.69) is 22.3 Å². The van der Waals surface area contributed by atoms with Crippen LogP contribution < -0.4 is 5.32 Å². The summed E-state index contributed by atoms with van der Waals surface area (Å²) in [6.45, 7) is 4.45. The quantitative estimate of drug-likeness (QED) is 0.754. The molecule has 0 saturated carbocycles. The highest BCUT2D eigenvalue weighted by Gasteiger charge is 2.28. The molecule has 5 nitrogen and oxygen atoms in total. The maximum Gasteiger partial charge on any atom is 0.326 e. The van der Waals surface area contributed by atoms with Crippen LogP contribution in [-0.2, 0) is 16.1 Å². The fourth-order valence-electron chi connectivity index (χ4n) is 2.98. The number of benzene rings is 1. The number of rotatable bonds is 7. The number of aliphatic carboxylic acids is 1. The molecule has 0 aromatic heterocycles. The third kappa shape index (κ3) is 5.49. The second-order valence-corrected chi connectivity index (χ2v) is 6.24. The van der Waals surface area contributed by atoms with Crippen LogP contribution in [-0.4, -0.2) is 41.0 Å². The Labute approximate surface area is 143 Å². The molecule has 1 aliphatic heterocycles. The maximum absolute atomic E-state index is 12.3. The Balaban J connectivity index is 1.80. The zero-order chi connectivity index (χ0) is 17.4. The Morgan fingerprint density at radius 3 is 2.54 bits per heavy atom. The molecule has 1 heterocycles. The van der Waals surface area contributed by atoms with Crippen molar-refractivity contribution in [2.45, 2.75) is 38.8 Å². The van der Waals surface area contributed by atoms with Crippen LogP contribution >= 0.6 is 0 Å². The van der Waals surface area contributed by atoms with Gasteiger partial charge in [-0.3, -0.25) is 9.69 Å². The fourth-order valence-corrected chi connectivity index (χ4v) is 2.98. The van der Waals surface area contributed by atoms with Crippen LogP contribution in [0.5, 0.6) is 0 Å². The molecule has 1 unspecified atom stereocenters. The van der Waals surface area contributed by atoms with Crippen molar-refractivity contribution >= 4 is 11.9 Å². The van der Waals surface area contributed by atoms with Crippen molar-refractivity contribution in [3.63, 3.8) is 0 Å². The predicted molar refractivity (Wildman–Crippen MR) is 93.4 cm³/mol. The molecular formula is C19H26N2O3. The number of piperidine rings is 1. The number of likely N-dealkylation sites (tertiary alicyclic amines) is 1. The van der Waals surface area contributed by atoms with Gasteiger partial charge >= 0.3 is 5.97 Å². The average molecular weight is 330 g/mol. The summed E-state index contributed by atoms with van der Waals surface area (Å²) in [6, 6.07) is 9.45. The van der Waals surface area contributed by atoms with Gasteiger partial charge in [-0.15, -0.1) is 0 Å². The molecule has 5 heteroatoms. The number of hydrogen-bond donors (Lipinski definition) is 2. The fraction of sp³-hybridized carbons (Fsp3) is 0.474. The lowest BCUT2D eigenvalue weighted by molar-refractivity contribution is -0.142. The van der Waals surface area contributed by atoms with Crippen LogP contribution in [0.2, 0.25) is 0 Å². The Morgan fingerprint density at radius 1 is 1.29 bits per heavy atom. The molecule has 0 aliphatic carbocycles. The largest absolute Gasteiger partial charge is 0.480 e. The van der Waals surface area contributed by atoms with Gasteiger partial charge in [0.1, 0.15) is 6.04 Å². The van der Waals surface area contributed by atoms with Gasteiger partial charge < -0.3 is 10.4 Å². The first kappa shape index (κ1) is 18.2. The van der Waals surface area contributed by atoms with Crippen molar-refractivity contribution in [3.8, 4) is 0 Å². The lowest BCUT2D eigenvalue weighted by Gasteiger charge is -2.31. The zero-order valence-electron chi connectivity index (χ0n) is 14.1. The number of hydrogen-bond acceptors (Lipinski definition) is 3. The van der Waals surface area contributed by atoms with Gasteiger partial charge in [-0.25, -0.2) is 4.79 Å². The summed E-state index contributed by atoms with van der Waals surface area (Å²) in [5.41, 5.74) is 1.28. The molecule has 0 radical (unpaired) electrons. The van der Waals surface area contributed by atoms with Crippen LogP contribution in [0.25, 0.3) is 0 Å². The molecular weight excluding hydrogens is 304 g/mol. The number of carboxylic acids is 1. The summed E-state index contributed by atoms with van der Waals surface area (Å²) >= 11 is 0. The Hall–Kier alpha value is -2.14. The number of carboxylic acid groups (broad SMARTS) is 1. The van der Waals surface area contributed by atoms with E-state index in [0.717, 1.165) is 32.5 Å². The summed E-state index contributed by atoms with van der Waals surface area (Å²) in [5.74, 6) is -1.21. The standard InChI is InChI=1S/C19H26N2O3/c1-2-3-9-17(19(23)24)20-18(22)16-10-12-21(13-11-16)14-15-7-5-4-6-8-15/h2-8,16-17H,9-14H2,1H3,(H,20,22)(H,23,24)/b3-2+. The van der Waals surface area contributed by atoms with Crippen LogP contribution in [0.1, 0.15) is 31.7 Å². The smallest absolute Gasteiger partial charge is 0.326 e. The number of carbonyl (C=O) groups excluding carboxylic acids is 1. The van der Waals surface area contributed by atoms with Crippen molar-refractivity contribution in [1.82, 2.24) is 10.2 Å². The summed E-state index contributed by atoms with van der Waals surface area (Å²) < 4.78 is 0. The highest BCUT2D eigenvalue weighted by molar-refractivity contribution is 5.85. The number of allylic oxidation sites excluding steroid dienone is 1. The third-order valence-electron chi connectivity index (χ3n) is 4.43. The molecule has 2 N–H and O–H groups in total. The van der Waals surface area contributed by atoms with E-state index in [1.165, 1.54) is 5.56 Å². The molecule has 0 spiro atoms. The molecule has 1 aromatic carbocycles. The highest BCUT2D eigenvalue weighted by atomic mass is 16.4. The van der Waals surface area contributed by atoms with E-state index in [1.807, 2.05) is 25.1 Å². The molecule has 1 fully saturated rings. The molecule has 0 bridgehead atoms. The van der Waals surface area contributed by atoms with Crippen molar-refractivity contribution < 1.29 is 14.7 Å². The second kappa shape index (κ2) is 9.23. The SMILES string of the molecule is C/C=C/CC(NC(=O)C1CCN(Cc2ccccc2)CC1)C(=O)O. The second-order valence-electron chi connectivity index (χ2n) is 6.24. The van der Waals surface area contributed by atoms with E-state index in [0.29, 0.717) is 6.42 Å². The first-order valence-corrected chi connectivity index (χ1v) is 8.50. The summed E-state index contributed by atoms with van der Waals surface area (Å²) in [4.78, 5) is 25.9. The van der Waals surface area contributed by atoms with Crippen molar-refractivity contribution in [3.05, 3.63) is 48.0 Å². The van der Waals surface area contributed by atoms with Gasteiger partial charge in [0.15, 0.2) is 0 Å². The van der Waals surface area contributed by atoms with E-state index in [-0.39, 0.29) is 11.8 Å². The molecule has 130 valence electrons. The maximum atomic E-state index is 12.3. The van der Waals surface area contributed by atoms with E-state index < -0.39 is 12.0 Å². The molecule has 1 amide bonds. The Kier molecular flexibility index (Phi) is 7.00. The lowest BCUT2D eigenvalue weighted by atomic mass is 9.95. The molecule has 1 aliphatic rings. The number of carbonyl (C=O) groups is 2. The average Bonchev–Trinajstić information content (AvgIpc) is 2.59. The van der Waals surface area contributed by atoms with Gasteiger partial charge in [0.25, 0.3) is 0 Å². The number of amides is 1. The highest BCUT2D eigenvalue weighted by Crippen LogP contribution is 2.19. The first-order chi connectivity index (χ1) is 11.6. The topological polar surface area (TPSA) is 69.6 Å². The van der Waals surface area contributed by atoms with E-state index >= 15 is 0 Å². The first-order valence-electron chi connectivity index (χ1n) is 8.50. The summed E-state index contributed by atoms with van der Waals surface area (Å²) in [7, 11) is 0. The molecule has 1 aromatic rings. The summed E-state index contributed by atoms with van der Waals surface area (Å²) in [5, 5.41) is 11.9. The zero-order valence-corrected chi connectivity index (χ0v) is 14.1.